The predicted molar refractivity (Wildman–Crippen MR) is 140 cm³/mol. The predicted octanol–water partition coefficient (Wildman–Crippen LogP) is 4.63. The monoisotopic (exact) mass is 512 g/mol. The van der Waals surface area contributed by atoms with Gasteiger partial charge in [-0.3, -0.25) is 0 Å². The van der Waals surface area contributed by atoms with E-state index in [2.05, 4.69) is 13.8 Å². The van der Waals surface area contributed by atoms with Crippen molar-refractivity contribution in [3.05, 3.63) is 34.4 Å². The molecular weight excluding hydrogens is 468 g/mol. The second-order valence-corrected chi connectivity index (χ2v) is 13.3. The van der Waals surface area contributed by atoms with Crippen molar-refractivity contribution in [3.8, 4) is 0 Å². The van der Waals surface area contributed by atoms with Gasteiger partial charge in [-0.2, -0.15) is 0 Å². The van der Waals surface area contributed by atoms with Crippen LogP contribution in [0.1, 0.15) is 83.1 Å². The normalized spacial score (nSPS) is 43.5. The average Bonchev–Trinajstić information content (AvgIpc) is 3.19. The lowest BCUT2D eigenvalue weighted by Gasteiger charge is -2.64. The molecular formula is C30H44N2O5. The Morgan fingerprint density at radius 1 is 1.03 bits per heavy atom. The summed E-state index contributed by atoms with van der Waals surface area (Å²) in [6.45, 7) is 7.44. The minimum absolute atomic E-state index is 0.155. The molecule has 8 unspecified atom stereocenters. The Hall–Kier alpha value is -1.86. The van der Waals surface area contributed by atoms with Gasteiger partial charge in [0.05, 0.1) is 25.1 Å². The van der Waals surface area contributed by atoms with Gasteiger partial charge in [0.1, 0.15) is 0 Å². The van der Waals surface area contributed by atoms with Crippen LogP contribution in [0.2, 0.25) is 0 Å². The summed E-state index contributed by atoms with van der Waals surface area (Å²) in [4.78, 5) is 28.7. The van der Waals surface area contributed by atoms with E-state index >= 15 is 0 Å². The smallest absolute Gasteiger partial charge is 0.335 e. The number of carbonyl (C=O) groups is 1. The fourth-order valence-electron chi connectivity index (χ4n) is 9.79. The number of nitrogens with zero attached hydrogens (tertiary/aromatic N) is 2. The van der Waals surface area contributed by atoms with Gasteiger partial charge in [-0.25, -0.2) is 9.59 Å². The van der Waals surface area contributed by atoms with E-state index in [1.165, 1.54) is 6.07 Å². The van der Waals surface area contributed by atoms with Gasteiger partial charge in [-0.15, -0.1) is 0 Å². The third-order valence-electron chi connectivity index (χ3n) is 12.1. The molecule has 0 radical (unpaired) electrons. The van der Waals surface area contributed by atoms with Crippen molar-refractivity contribution in [2.75, 3.05) is 33.4 Å². The summed E-state index contributed by atoms with van der Waals surface area (Å²) >= 11 is 0. The summed E-state index contributed by atoms with van der Waals surface area (Å²) in [6, 6.07) is 3.88. The third-order valence-corrected chi connectivity index (χ3v) is 12.1. The maximum absolute atomic E-state index is 13.2. The number of morpholine rings is 1. The molecule has 0 spiro atoms. The zero-order valence-corrected chi connectivity index (χ0v) is 22.8. The highest BCUT2D eigenvalue weighted by molar-refractivity contribution is 5.74. The number of hydrogen-bond donors (Lipinski definition) is 1. The van der Waals surface area contributed by atoms with Crippen LogP contribution in [0.25, 0.3) is 0 Å². The SMILES string of the molecule is CN(C(=O)N1CCOCC1)C1CCC2(C)C(CCC3C2CCC2(C)C(c4ccc(=O)oc4)CCC32O)C1. The number of carbonyl (C=O) groups excluding carboxylic acids is 1. The Kier molecular flexibility index (Phi) is 6.26. The number of rotatable bonds is 2. The highest BCUT2D eigenvalue weighted by atomic mass is 16.5. The first-order valence-electron chi connectivity index (χ1n) is 14.6. The Bertz CT molecular complexity index is 1060. The van der Waals surface area contributed by atoms with E-state index in [1.807, 2.05) is 22.9 Å². The summed E-state index contributed by atoms with van der Waals surface area (Å²) in [5.74, 6) is 1.67. The Labute approximate surface area is 220 Å². The average molecular weight is 513 g/mol. The zero-order chi connectivity index (χ0) is 26.0. The van der Waals surface area contributed by atoms with Gasteiger partial charge in [0.15, 0.2) is 0 Å². The first kappa shape index (κ1) is 25.4. The molecule has 1 N–H and O–H groups in total. The molecule has 7 nitrogen and oxygen atoms in total. The quantitative estimate of drug-likeness (QED) is 0.625. The number of urea groups is 1. The minimum atomic E-state index is -0.676. The topological polar surface area (TPSA) is 83.2 Å². The molecule has 37 heavy (non-hydrogen) atoms. The van der Waals surface area contributed by atoms with Crippen LogP contribution in [-0.4, -0.2) is 65.9 Å². The largest absolute Gasteiger partial charge is 0.431 e. The van der Waals surface area contributed by atoms with Crippen molar-refractivity contribution in [1.82, 2.24) is 9.80 Å². The van der Waals surface area contributed by atoms with E-state index in [4.69, 9.17) is 9.15 Å². The fourth-order valence-corrected chi connectivity index (χ4v) is 9.79. The number of fused-ring (bicyclic) bond motifs is 5. The first-order valence-corrected chi connectivity index (χ1v) is 14.6. The molecule has 4 saturated carbocycles. The zero-order valence-electron chi connectivity index (χ0n) is 22.8. The van der Waals surface area contributed by atoms with Crippen molar-refractivity contribution in [1.29, 1.82) is 0 Å². The highest BCUT2D eigenvalue weighted by Gasteiger charge is 2.67. The fraction of sp³-hybridized carbons (Fsp3) is 0.800. The third kappa shape index (κ3) is 3.82. The van der Waals surface area contributed by atoms with Crippen molar-refractivity contribution < 1.29 is 19.1 Å². The Morgan fingerprint density at radius 2 is 1.81 bits per heavy atom. The molecule has 1 saturated heterocycles. The lowest BCUT2D eigenvalue weighted by Crippen LogP contribution is -2.62. The van der Waals surface area contributed by atoms with Gasteiger partial charge in [-0.1, -0.05) is 13.8 Å². The van der Waals surface area contributed by atoms with Gasteiger partial charge in [0.25, 0.3) is 0 Å². The molecule has 2 heterocycles. The first-order chi connectivity index (χ1) is 17.7. The van der Waals surface area contributed by atoms with Crippen LogP contribution in [0.15, 0.2) is 27.6 Å². The van der Waals surface area contributed by atoms with Gasteiger partial charge in [0.2, 0.25) is 0 Å². The van der Waals surface area contributed by atoms with Gasteiger partial charge >= 0.3 is 11.7 Å². The lowest BCUT2D eigenvalue weighted by atomic mass is 9.43. The lowest BCUT2D eigenvalue weighted by molar-refractivity contribution is -0.203. The van der Waals surface area contributed by atoms with E-state index in [-0.39, 0.29) is 28.4 Å². The molecule has 1 aromatic heterocycles. The van der Waals surface area contributed by atoms with Crippen LogP contribution >= 0.6 is 0 Å². The van der Waals surface area contributed by atoms with Crippen LogP contribution in [0.3, 0.4) is 0 Å². The molecule has 1 aromatic rings. The number of hydrogen-bond acceptors (Lipinski definition) is 5. The highest BCUT2D eigenvalue weighted by Crippen LogP contribution is 2.70. The standard InChI is InChI=1S/C30H44N2O5/c1-28-11-8-22(31(3)27(34)32-14-16-36-17-15-32)18-21(28)5-6-25-24(28)9-12-29(2)23(10-13-30(25,29)35)20-4-7-26(33)37-19-20/h4,7,19,21-25,35H,5-6,8-18H2,1-3H3. The summed E-state index contributed by atoms with van der Waals surface area (Å²) in [5, 5.41) is 12.5. The number of ether oxygens (including phenoxy) is 1. The van der Waals surface area contributed by atoms with Crippen LogP contribution < -0.4 is 5.63 Å². The summed E-state index contributed by atoms with van der Waals surface area (Å²) in [6.07, 6.45) is 11.0. The van der Waals surface area contributed by atoms with Crippen LogP contribution in [0, 0.1) is 28.6 Å². The summed E-state index contributed by atoms with van der Waals surface area (Å²) < 4.78 is 10.7. The van der Waals surface area contributed by atoms with Crippen LogP contribution in [-0.2, 0) is 4.74 Å². The second kappa shape index (κ2) is 9.11. The molecule has 4 aliphatic carbocycles. The Balaban J connectivity index is 1.19. The van der Waals surface area contributed by atoms with E-state index < -0.39 is 5.60 Å². The molecule has 1 aliphatic heterocycles. The van der Waals surface area contributed by atoms with Gasteiger partial charge < -0.3 is 24.1 Å². The van der Waals surface area contributed by atoms with Crippen molar-refractivity contribution in [2.24, 2.45) is 28.6 Å². The number of amides is 2. The van der Waals surface area contributed by atoms with Gasteiger partial charge in [-0.05, 0) is 98.5 Å². The molecule has 204 valence electrons. The van der Waals surface area contributed by atoms with Crippen LogP contribution in [0.5, 0.6) is 0 Å². The van der Waals surface area contributed by atoms with Crippen molar-refractivity contribution in [3.63, 3.8) is 0 Å². The summed E-state index contributed by atoms with van der Waals surface area (Å²) in [7, 11) is 2.00. The van der Waals surface area contributed by atoms with Crippen molar-refractivity contribution in [2.45, 2.75) is 89.2 Å². The maximum atomic E-state index is 13.2. The molecule has 0 bridgehead atoms. The van der Waals surface area contributed by atoms with E-state index in [0.717, 1.165) is 63.4 Å². The molecule has 8 atom stereocenters. The second-order valence-electron chi connectivity index (χ2n) is 13.3. The minimum Gasteiger partial charge on any atom is -0.431 e. The maximum Gasteiger partial charge on any atom is 0.335 e. The van der Waals surface area contributed by atoms with Crippen LogP contribution in [0.4, 0.5) is 4.79 Å². The number of aliphatic hydroxyl groups is 1. The molecule has 5 fully saturated rings. The Morgan fingerprint density at radius 3 is 2.54 bits per heavy atom. The summed E-state index contributed by atoms with van der Waals surface area (Å²) in [5.41, 5.74) is 0.0933. The molecule has 5 aliphatic rings. The molecule has 6 rings (SSSR count). The molecule has 2 amide bonds. The van der Waals surface area contributed by atoms with Crippen molar-refractivity contribution >= 4 is 6.03 Å². The van der Waals surface area contributed by atoms with Gasteiger partial charge in [0, 0.05) is 37.7 Å². The van der Waals surface area contributed by atoms with E-state index in [0.29, 0.717) is 50.1 Å². The van der Waals surface area contributed by atoms with E-state index in [9.17, 15) is 14.7 Å². The van der Waals surface area contributed by atoms with E-state index in [1.54, 1.807) is 6.26 Å². The molecule has 7 heteroatoms. The molecule has 0 aromatic carbocycles.